The van der Waals surface area contributed by atoms with Gasteiger partial charge in [0.05, 0.1) is 6.04 Å². The average molecular weight is 288 g/mol. The smallest absolute Gasteiger partial charge is 0.321 e. The molecule has 0 bridgehead atoms. The van der Waals surface area contributed by atoms with E-state index in [1.54, 1.807) is 0 Å². The van der Waals surface area contributed by atoms with E-state index in [1.165, 1.54) is 51.4 Å². The van der Waals surface area contributed by atoms with Gasteiger partial charge in [-0.1, -0.05) is 19.3 Å². The van der Waals surface area contributed by atoms with Crippen LogP contribution in [0.25, 0.3) is 0 Å². The lowest BCUT2D eigenvalue weighted by Gasteiger charge is -2.41. The average Bonchev–Trinajstić information content (AvgIpc) is 3.16. The number of carbonyl (C=O) groups is 1. The third-order valence-electron chi connectivity index (χ3n) is 5.29. The van der Waals surface area contributed by atoms with Crippen molar-refractivity contribution in [2.75, 3.05) is 11.9 Å². The number of aromatic nitrogens is 2. The van der Waals surface area contributed by atoms with Gasteiger partial charge in [-0.2, -0.15) is 5.10 Å². The lowest BCUT2D eigenvalue weighted by molar-refractivity contribution is 0.111. The van der Waals surface area contributed by atoms with Gasteiger partial charge in [0.1, 0.15) is 0 Å². The van der Waals surface area contributed by atoms with Crippen molar-refractivity contribution in [1.82, 2.24) is 14.7 Å². The maximum Gasteiger partial charge on any atom is 0.323 e. The van der Waals surface area contributed by atoms with Crippen molar-refractivity contribution in [2.24, 2.45) is 5.92 Å². The molecule has 1 aliphatic heterocycles. The van der Waals surface area contributed by atoms with Gasteiger partial charge in [-0.15, -0.1) is 0 Å². The second kappa shape index (κ2) is 5.35. The van der Waals surface area contributed by atoms with E-state index in [4.69, 9.17) is 0 Å². The van der Waals surface area contributed by atoms with Gasteiger partial charge in [0.15, 0.2) is 5.82 Å². The molecule has 2 saturated carbocycles. The Labute approximate surface area is 125 Å². The Kier molecular flexibility index (Phi) is 3.36. The highest BCUT2D eigenvalue weighted by atomic mass is 16.2. The summed E-state index contributed by atoms with van der Waals surface area (Å²) < 4.78 is 2.04. The van der Waals surface area contributed by atoms with Crippen LogP contribution in [0.5, 0.6) is 0 Å². The molecule has 2 aliphatic carbocycles. The third-order valence-corrected chi connectivity index (χ3v) is 5.29. The number of nitrogens with one attached hydrogen (secondary N) is 1. The Morgan fingerprint density at radius 2 is 1.95 bits per heavy atom. The number of anilines is 1. The number of likely N-dealkylation sites (tertiary alicyclic amines) is 1. The van der Waals surface area contributed by atoms with Gasteiger partial charge in [0.25, 0.3) is 0 Å². The molecule has 0 radical (unpaired) electrons. The summed E-state index contributed by atoms with van der Waals surface area (Å²) in [5, 5.41) is 7.53. The first-order valence-corrected chi connectivity index (χ1v) is 8.44. The molecule has 2 amide bonds. The number of rotatable bonds is 3. The molecule has 3 aliphatic rings. The Balaban J connectivity index is 1.36. The molecule has 1 aromatic rings. The molecule has 5 nitrogen and oxygen atoms in total. The Morgan fingerprint density at radius 1 is 1.14 bits per heavy atom. The molecule has 0 spiro atoms. The molecule has 21 heavy (non-hydrogen) atoms. The molecule has 1 atom stereocenters. The molecule has 3 fully saturated rings. The van der Waals surface area contributed by atoms with Crippen LogP contribution in [0.1, 0.15) is 57.4 Å². The first-order chi connectivity index (χ1) is 10.3. The molecule has 0 aromatic carbocycles. The van der Waals surface area contributed by atoms with Gasteiger partial charge in [0.2, 0.25) is 0 Å². The van der Waals surface area contributed by atoms with Gasteiger partial charge in [-0.3, -0.25) is 10.00 Å². The molecular formula is C16H24N4O. The summed E-state index contributed by atoms with van der Waals surface area (Å²) in [6.45, 7) is 0.899. The summed E-state index contributed by atoms with van der Waals surface area (Å²) in [5.41, 5.74) is 0. The number of urea groups is 1. The fraction of sp³-hybridized carbons (Fsp3) is 0.750. The maximum atomic E-state index is 12.3. The SMILES string of the molecule is O=C(Nc1ccn(C2CCCCC2)n1)N1CCC1C1CC1. The highest BCUT2D eigenvalue weighted by Crippen LogP contribution is 2.41. The quantitative estimate of drug-likeness (QED) is 0.926. The second-order valence-electron chi connectivity index (χ2n) is 6.79. The largest absolute Gasteiger partial charge is 0.323 e. The van der Waals surface area contributed by atoms with Crippen LogP contribution in [-0.2, 0) is 0 Å². The van der Waals surface area contributed by atoms with E-state index in [-0.39, 0.29) is 6.03 Å². The van der Waals surface area contributed by atoms with Crippen LogP contribution in [0.4, 0.5) is 10.6 Å². The minimum Gasteiger partial charge on any atom is -0.321 e. The molecular weight excluding hydrogens is 264 g/mol. The van der Waals surface area contributed by atoms with Gasteiger partial charge in [0, 0.05) is 24.8 Å². The third kappa shape index (κ3) is 2.65. The summed E-state index contributed by atoms with van der Waals surface area (Å²) in [6.07, 6.45) is 12.1. The highest BCUT2D eigenvalue weighted by molar-refractivity contribution is 5.89. The second-order valence-corrected chi connectivity index (χ2v) is 6.79. The van der Waals surface area contributed by atoms with Crippen LogP contribution >= 0.6 is 0 Å². The zero-order valence-electron chi connectivity index (χ0n) is 12.5. The number of nitrogens with zero attached hydrogens (tertiary/aromatic N) is 3. The van der Waals surface area contributed by atoms with E-state index >= 15 is 0 Å². The molecule has 114 valence electrons. The van der Waals surface area contributed by atoms with Crippen molar-refractivity contribution < 1.29 is 4.79 Å². The lowest BCUT2D eigenvalue weighted by atomic mass is 9.96. The van der Waals surface area contributed by atoms with Crippen LogP contribution in [0.3, 0.4) is 0 Å². The minimum absolute atomic E-state index is 0.0343. The van der Waals surface area contributed by atoms with E-state index < -0.39 is 0 Å². The fourth-order valence-corrected chi connectivity index (χ4v) is 3.77. The highest BCUT2D eigenvalue weighted by Gasteiger charge is 2.42. The Morgan fingerprint density at radius 3 is 2.62 bits per heavy atom. The van der Waals surface area contributed by atoms with E-state index in [0.29, 0.717) is 17.9 Å². The fourth-order valence-electron chi connectivity index (χ4n) is 3.77. The van der Waals surface area contributed by atoms with Crippen molar-refractivity contribution in [2.45, 2.75) is 63.5 Å². The number of carbonyl (C=O) groups excluding carboxylic acids is 1. The normalized spacial score (nSPS) is 26.5. The number of hydrogen-bond donors (Lipinski definition) is 1. The monoisotopic (exact) mass is 288 g/mol. The minimum atomic E-state index is 0.0343. The summed E-state index contributed by atoms with van der Waals surface area (Å²) in [4.78, 5) is 14.3. The lowest BCUT2D eigenvalue weighted by Crippen LogP contribution is -2.53. The molecule has 5 heteroatoms. The van der Waals surface area contributed by atoms with Crippen LogP contribution in [-0.4, -0.2) is 33.3 Å². The van der Waals surface area contributed by atoms with Gasteiger partial charge >= 0.3 is 6.03 Å². The van der Waals surface area contributed by atoms with Crippen molar-refractivity contribution in [3.63, 3.8) is 0 Å². The van der Waals surface area contributed by atoms with Gasteiger partial charge in [-0.05, 0) is 38.0 Å². The molecule has 1 N–H and O–H groups in total. The van der Waals surface area contributed by atoms with Crippen molar-refractivity contribution in [3.05, 3.63) is 12.3 Å². The van der Waals surface area contributed by atoms with Crippen LogP contribution in [0.2, 0.25) is 0 Å². The molecule has 1 aromatic heterocycles. The van der Waals surface area contributed by atoms with E-state index in [9.17, 15) is 4.79 Å². The predicted molar refractivity (Wildman–Crippen MR) is 81.2 cm³/mol. The zero-order valence-corrected chi connectivity index (χ0v) is 12.5. The van der Waals surface area contributed by atoms with Crippen LogP contribution in [0.15, 0.2) is 12.3 Å². The van der Waals surface area contributed by atoms with Crippen molar-refractivity contribution in [3.8, 4) is 0 Å². The Bertz CT molecular complexity index is 516. The summed E-state index contributed by atoms with van der Waals surface area (Å²) in [5.74, 6) is 1.47. The molecule has 2 heterocycles. The first-order valence-electron chi connectivity index (χ1n) is 8.44. The summed E-state index contributed by atoms with van der Waals surface area (Å²) in [7, 11) is 0. The van der Waals surface area contributed by atoms with Crippen LogP contribution in [0, 0.1) is 5.92 Å². The predicted octanol–water partition coefficient (Wildman–Crippen LogP) is 3.40. The number of hydrogen-bond acceptors (Lipinski definition) is 2. The maximum absolute atomic E-state index is 12.3. The van der Waals surface area contributed by atoms with Gasteiger partial charge in [-0.25, -0.2) is 4.79 Å². The zero-order chi connectivity index (χ0) is 14.2. The number of amides is 2. The van der Waals surface area contributed by atoms with Crippen molar-refractivity contribution >= 4 is 11.8 Å². The van der Waals surface area contributed by atoms with Crippen LogP contribution < -0.4 is 5.32 Å². The molecule has 1 unspecified atom stereocenters. The topological polar surface area (TPSA) is 50.2 Å². The standard InChI is InChI=1S/C16H24N4O/c21-16(19-10-8-14(19)12-6-7-12)17-15-9-11-20(18-15)13-4-2-1-3-5-13/h9,11-14H,1-8,10H2,(H,17,18,21). The van der Waals surface area contributed by atoms with Gasteiger partial charge < -0.3 is 4.90 Å². The Hall–Kier alpha value is -1.52. The molecule has 1 saturated heterocycles. The van der Waals surface area contributed by atoms with E-state index in [0.717, 1.165) is 12.5 Å². The summed E-state index contributed by atoms with van der Waals surface area (Å²) in [6, 6.07) is 2.98. The van der Waals surface area contributed by atoms with Crippen molar-refractivity contribution in [1.29, 1.82) is 0 Å². The summed E-state index contributed by atoms with van der Waals surface area (Å²) >= 11 is 0. The molecule has 4 rings (SSSR count). The van der Waals surface area contributed by atoms with E-state index in [1.807, 2.05) is 21.8 Å². The first kappa shape index (κ1) is 13.2. The van der Waals surface area contributed by atoms with E-state index in [2.05, 4.69) is 10.4 Å².